The van der Waals surface area contributed by atoms with Gasteiger partial charge in [0.25, 0.3) is 0 Å². The predicted octanol–water partition coefficient (Wildman–Crippen LogP) is 3.33. The summed E-state index contributed by atoms with van der Waals surface area (Å²) in [5.74, 6) is 0. The summed E-state index contributed by atoms with van der Waals surface area (Å²) in [7, 11) is 0. The molecule has 110 valence electrons. The maximum Gasteiger partial charge on any atom is 0.327 e. The van der Waals surface area contributed by atoms with Gasteiger partial charge in [0.05, 0.1) is 11.4 Å². The minimum atomic E-state index is -0.203. The maximum absolute atomic E-state index is 12.3. The van der Waals surface area contributed by atoms with Crippen LogP contribution in [0.3, 0.4) is 0 Å². The molecule has 1 fully saturated rings. The number of nitrogens with one attached hydrogen (secondary N) is 1. The van der Waals surface area contributed by atoms with E-state index < -0.39 is 0 Å². The number of amides is 2. The van der Waals surface area contributed by atoms with Gasteiger partial charge in [-0.15, -0.1) is 0 Å². The average Bonchev–Trinajstić information content (AvgIpc) is 3.02. The van der Waals surface area contributed by atoms with Crippen molar-refractivity contribution in [2.24, 2.45) is 4.99 Å². The number of urea groups is 1. The molecule has 6 heteroatoms. The fourth-order valence-corrected chi connectivity index (χ4v) is 2.72. The van der Waals surface area contributed by atoms with Crippen molar-refractivity contribution in [2.75, 3.05) is 30.0 Å². The Labute approximate surface area is 128 Å². The third-order valence-corrected chi connectivity index (χ3v) is 3.83. The van der Waals surface area contributed by atoms with Crippen molar-refractivity contribution < 1.29 is 4.79 Å². The highest BCUT2D eigenvalue weighted by atomic mass is 35.5. The molecule has 3 rings (SSSR count). The number of hydrogen-bond donors (Lipinski definition) is 1. The van der Waals surface area contributed by atoms with Crippen molar-refractivity contribution in [3.8, 4) is 0 Å². The quantitative estimate of drug-likeness (QED) is 0.911. The lowest BCUT2D eigenvalue weighted by Gasteiger charge is -2.24. The molecule has 0 bridgehead atoms. The van der Waals surface area contributed by atoms with Crippen LogP contribution in [0, 0.1) is 0 Å². The van der Waals surface area contributed by atoms with E-state index in [0.717, 1.165) is 24.5 Å². The summed E-state index contributed by atoms with van der Waals surface area (Å²) in [4.78, 5) is 20.1. The van der Waals surface area contributed by atoms with E-state index in [1.807, 2.05) is 12.1 Å². The van der Waals surface area contributed by atoms with Crippen molar-refractivity contribution in [1.29, 1.82) is 0 Å². The SMILES string of the molecule is O=C(Nc1cc(Cl)ccc1N1CCCC1)N1C=CC=NC1. The molecule has 0 saturated carbocycles. The number of allylic oxidation sites excluding steroid dienone is 1. The zero-order valence-electron chi connectivity index (χ0n) is 11.6. The van der Waals surface area contributed by atoms with E-state index >= 15 is 0 Å². The normalized spacial score (nSPS) is 17.4. The maximum atomic E-state index is 12.3. The van der Waals surface area contributed by atoms with Crippen molar-refractivity contribution in [3.05, 3.63) is 35.5 Å². The first kappa shape index (κ1) is 13.9. The van der Waals surface area contributed by atoms with E-state index in [-0.39, 0.29) is 6.03 Å². The van der Waals surface area contributed by atoms with Gasteiger partial charge in [-0.2, -0.15) is 0 Å². The first-order valence-electron chi connectivity index (χ1n) is 7.03. The minimum Gasteiger partial charge on any atom is -0.370 e. The number of carbonyl (C=O) groups excluding carboxylic acids is 1. The molecule has 1 N–H and O–H groups in total. The summed E-state index contributed by atoms with van der Waals surface area (Å²) in [5, 5.41) is 3.55. The van der Waals surface area contributed by atoms with E-state index in [2.05, 4.69) is 15.2 Å². The molecule has 21 heavy (non-hydrogen) atoms. The molecular weight excluding hydrogens is 288 g/mol. The lowest BCUT2D eigenvalue weighted by atomic mass is 10.2. The summed E-state index contributed by atoms with van der Waals surface area (Å²) >= 11 is 6.07. The van der Waals surface area contributed by atoms with Crippen molar-refractivity contribution >= 4 is 35.2 Å². The van der Waals surface area contributed by atoms with Gasteiger partial charge in [-0.25, -0.2) is 4.79 Å². The van der Waals surface area contributed by atoms with Gasteiger partial charge < -0.3 is 10.2 Å². The number of aliphatic imine (C=N–C) groups is 1. The first-order chi connectivity index (χ1) is 10.2. The Morgan fingerprint density at radius 3 is 2.81 bits per heavy atom. The Morgan fingerprint density at radius 2 is 2.10 bits per heavy atom. The van der Waals surface area contributed by atoms with Crippen LogP contribution in [0.15, 0.2) is 35.5 Å². The third-order valence-electron chi connectivity index (χ3n) is 3.60. The number of halogens is 1. The number of benzene rings is 1. The molecule has 0 unspecified atom stereocenters. The number of hydrogen-bond acceptors (Lipinski definition) is 3. The van der Waals surface area contributed by atoms with Crippen molar-refractivity contribution in [1.82, 2.24) is 4.90 Å². The second-order valence-electron chi connectivity index (χ2n) is 5.07. The van der Waals surface area contributed by atoms with Gasteiger partial charge in [0.1, 0.15) is 6.67 Å². The van der Waals surface area contributed by atoms with E-state index in [9.17, 15) is 4.79 Å². The second kappa shape index (κ2) is 6.18. The predicted molar refractivity (Wildman–Crippen MR) is 86.3 cm³/mol. The monoisotopic (exact) mass is 304 g/mol. The molecule has 1 saturated heterocycles. The Hall–Kier alpha value is -2.01. The molecular formula is C15H17ClN4O. The zero-order chi connectivity index (χ0) is 14.7. The largest absolute Gasteiger partial charge is 0.370 e. The second-order valence-corrected chi connectivity index (χ2v) is 5.51. The first-order valence-corrected chi connectivity index (χ1v) is 7.40. The van der Waals surface area contributed by atoms with Gasteiger partial charge in [0, 0.05) is 30.5 Å². The smallest absolute Gasteiger partial charge is 0.327 e. The number of rotatable bonds is 2. The Kier molecular flexibility index (Phi) is 4.10. The molecule has 2 heterocycles. The van der Waals surface area contributed by atoms with Crippen LogP contribution in [0.1, 0.15) is 12.8 Å². The summed E-state index contributed by atoms with van der Waals surface area (Å²) in [5.41, 5.74) is 1.77. The number of anilines is 2. The summed E-state index contributed by atoms with van der Waals surface area (Å²) in [6.45, 7) is 2.36. The summed E-state index contributed by atoms with van der Waals surface area (Å²) in [6.07, 6.45) is 7.49. The molecule has 0 atom stereocenters. The molecule has 0 radical (unpaired) electrons. The van der Waals surface area contributed by atoms with E-state index in [4.69, 9.17) is 11.6 Å². The Balaban J connectivity index is 1.80. The van der Waals surface area contributed by atoms with Crippen LogP contribution in [0.4, 0.5) is 16.2 Å². The van der Waals surface area contributed by atoms with Crippen LogP contribution >= 0.6 is 11.6 Å². The molecule has 2 aliphatic heterocycles. The van der Waals surface area contributed by atoms with E-state index in [1.54, 1.807) is 24.6 Å². The van der Waals surface area contributed by atoms with Crippen LogP contribution in [-0.2, 0) is 0 Å². The standard InChI is InChI=1S/C15H17ClN4O/c16-12-4-5-14(19-7-1-2-8-19)13(10-12)18-15(21)20-9-3-6-17-11-20/h3-6,9-10H,1-2,7-8,11H2,(H,18,21). The fraction of sp³-hybridized carbons (Fsp3) is 0.333. The van der Waals surface area contributed by atoms with Crippen LogP contribution < -0.4 is 10.2 Å². The molecule has 5 nitrogen and oxygen atoms in total. The molecule has 1 aromatic rings. The van der Waals surface area contributed by atoms with Crippen molar-refractivity contribution in [2.45, 2.75) is 12.8 Å². The Bertz CT molecular complexity index is 593. The minimum absolute atomic E-state index is 0.203. The number of nitrogens with zero attached hydrogens (tertiary/aromatic N) is 3. The summed E-state index contributed by atoms with van der Waals surface area (Å²) < 4.78 is 0. The Morgan fingerprint density at radius 1 is 1.29 bits per heavy atom. The topological polar surface area (TPSA) is 47.9 Å². The summed E-state index contributed by atoms with van der Waals surface area (Å²) in [6, 6.07) is 5.42. The van der Waals surface area contributed by atoms with Crippen LogP contribution in [0.2, 0.25) is 5.02 Å². The van der Waals surface area contributed by atoms with Gasteiger partial charge >= 0.3 is 6.03 Å². The molecule has 1 aromatic carbocycles. The number of carbonyl (C=O) groups is 1. The highest BCUT2D eigenvalue weighted by Gasteiger charge is 2.19. The lowest BCUT2D eigenvalue weighted by Crippen LogP contribution is -2.32. The molecule has 0 spiro atoms. The molecule has 2 aliphatic rings. The zero-order valence-corrected chi connectivity index (χ0v) is 12.4. The van der Waals surface area contributed by atoms with Gasteiger partial charge in [-0.3, -0.25) is 9.89 Å². The molecule has 0 aliphatic carbocycles. The fourth-order valence-electron chi connectivity index (χ4n) is 2.55. The van der Waals surface area contributed by atoms with Gasteiger partial charge in [0.15, 0.2) is 0 Å². The molecule has 0 aromatic heterocycles. The highest BCUT2D eigenvalue weighted by molar-refractivity contribution is 6.31. The average molecular weight is 305 g/mol. The van der Waals surface area contributed by atoms with Crippen LogP contribution in [0.25, 0.3) is 0 Å². The van der Waals surface area contributed by atoms with Gasteiger partial charge in [0.2, 0.25) is 0 Å². The van der Waals surface area contributed by atoms with Crippen LogP contribution in [0.5, 0.6) is 0 Å². The van der Waals surface area contributed by atoms with E-state index in [1.165, 1.54) is 17.7 Å². The van der Waals surface area contributed by atoms with Gasteiger partial charge in [-0.1, -0.05) is 11.6 Å². The van der Waals surface area contributed by atoms with Crippen molar-refractivity contribution in [3.63, 3.8) is 0 Å². The highest BCUT2D eigenvalue weighted by Crippen LogP contribution is 2.31. The molecule has 2 amide bonds. The third kappa shape index (κ3) is 3.19. The van der Waals surface area contributed by atoms with E-state index in [0.29, 0.717) is 11.7 Å². The van der Waals surface area contributed by atoms with Crippen LogP contribution in [-0.4, -0.2) is 36.9 Å². The van der Waals surface area contributed by atoms with Gasteiger partial charge in [-0.05, 0) is 37.1 Å². The lowest BCUT2D eigenvalue weighted by molar-refractivity contribution is 0.229.